The number of hydrogen-bond acceptors (Lipinski definition) is 2. The van der Waals surface area contributed by atoms with Crippen LogP contribution in [0, 0.1) is 6.20 Å². The molecule has 0 fully saturated rings. The highest BCUT2D eigenvalue weighted by Crippen LogP contribution is 2.04. The summed E-state index contributed by atoms with van der Waals surface area (Å²) in [4.78, 5) is 15.0. The number of aromatic nitrogens is 2. The SMILES string of the molecule is CCNC(=O)CCCCCCn1c[c]nc1. The summed E-state index contributed by atoms with van der Waals surface area (Å²) in [5.74, 6) is 0.173. The second-order valence-corrected chi connectivity index (χ2v) is 3.86. The van der Waals surface area contributed by atoms with Crippen molar-refractivity contribution in [3.63, 3.8) is 0 Å². The molecular formula is C12H20N3O. The normalized spacial score (nSPS) is 10.3. The Bertz CT molecular complexity index is 282. The fraction of sp³-hybridized carbons (Fsp3) is 0.667. The molecule has 0 aliphatic heterocycles. The number of carbonyl (C=O) groups is 1. The van der Waals surface area contributed by atoms with Crippen molar-refractivity contribution in [3.8, 4) is 0 Å². The molecule has 1 radical (unpaired) electrons. The molecular weight excluding hydrogens is 202 g/mol. The van der Waals surface area contributed by atoms with Crippen molar-refractivity contribution in [3.05, 3.63) is 18.7 Å². The van der Waals surface area contributed by atoms with Crippen LogP contribution < -0.4 is 5.32 Å². The van der Waals surface area contributed by atoms with E-state index in [-0.39, 0.29) is 5.91 Å². The van der Waals surface area contributed by atoms with Gasteiger partial charge in [0.25, 0.3) is 0 Å². The highest BCUT2D eigenvalue weighted by atomic mass is 16.1. The number of carbonyl (C=O) groups excluding carboxylic acids is 1. The minimum atomic E-state index is 0.173. The minimum absolute atomic E-state index is 0.173. The molecule has 1 aromatic heterocycles. The van der Waals surface area contributed by atoms with E-state index in [1.165, 1.54) is 0 Å². The number of unbranched alkanes of at least 4 members (excludes halogenated alkanes) is 3. The zero-order chi connectivity index (χ0) is 11.6. The maximum absolute atomic E-state index is 11.1. The molecule has 16 heavy (non-hydrogen) atoms. The van der Waals surface area contributed by atoms with Crippen molar-refractivity contribution in [2.75, 3.05) is 6.54 Å². The average molecular weight is 222 g/mol. The van der Waals surface area contributed by atoms with Crippen LogP contribution in [0.5, 0.6) is 0 Å². The first-order chi connectivity index (χ1) is 7.83. The zero-order valence-corrected chi connectivity index (χ0v) is 9.91. The highest BCUT2D eigenvalue weighted by Gasteiger charge is 1.98. The molecule has 1 N–H and O–H groups in total. The molecule has 0 unspecified atom stereocenters. The molecule has 1 heterocycles. The highest BCUT2D eigenvalue weighted by molar-refractivity contribution is 5.75. The van der Waals surface area contributed by atoms with Gasteiger partial charge in [-0.15, -0.1) is 0 Å². The van der Waals surface area contributed by atoms with Crippen LogP contribution in [0.1, 0.15) is 39.0 Å². The zero-order valence-electron chi connectivity index (χ0n) is 9.91. The molecule has 0 aliphatic carbocycles. The van der Waals surface area contributed by atoms with Crippen LogP contribution >= 0.6 is 0 Å². The first-order valence-corrected chi connectivity index (χ1v) is 5.97. The molecule has 4 heteroatoms. The standard InChI is InChI=1S/C12H20N3O/c1-2-14-12(16)7-5-3-4-6-9-15-10-8-13-11-15/h10-11H,2-7,9H2,1H3,(H,14,16). The van der Waals surface area contributed by atoms with Gasteiger partial charge in [0.2, 0.25) is 5.91 Å². The summed E-state index contributed by atoms with van der Waals surface area (Å²) in [6, 6.07) is 0. The van der Waals surface area contributed by atoms with Crippen molar-refractivity contribution >= 4 is 5.91 Å². The molecule has 0 spiro atoms. The van der Waals surface area contributed by atoms with E-state index in [2.05, 4.69) is 16.5 Å². The maximum atomic E-state index is 11.1. The van der Waals surface area contributed by atoms with Crippen molar-refractivity contribution < 1.29 is 4.79 Å². The second kappa shape index (κ2) is 7.91. The Morgan fingerprint density at radius 1 is 1.38 bits per heavy atom. The molecule has 0 saturated carbocycles. The van der Waals surface area contributed by atoms with Gasteiger partial charge >= 0.3 is 0 Å². The topological polar surface area (TPSA) is 46.9 Å². The fourth-order valence-corrected chi connectivity index (χ4v) is 1.59. The lowest BCUT2D eigenvalue weighted by molar-refractivity contribution is -0.121. The molecule has 0 saturated heterocycles. The van der Waals surface area contributed by atoms with Crippen LogP contribution in [-0.2, 0) is 11.3 Å². The molecule has 0 aromatic carbocycles. The lowest BCUT2D eigenvalue weighted by Crippen LogP contribution is -2.21. The number of rotatable bonds is 8. The molecule has 1 amide bonds. The Morgan fingerprint density at radius 3 is 2.88 bits per heavy atom. The van der Waals surface area contributed by atoms with Crippen LogP contribution in [0.2, 0.25) is 0 Å². The predicted octanol–water partition coefficient (Wildman–Crippen LogP) is 1.77. The van der Waals surface area contributed by atoms with Crippen molar-refractivity contribution in [1.82, 2.24) is 14.9 Å². The van der Waals surface area contributed by atoms with Crippen LogP contribution in [0.25, 0.3) is 0 Å². The van der Waals surface area contributed by atoms with E-state index < -0.39 is 0 Å². The maximum Gasteiger partial charge on any atom is 0.219 e. The van der Waals surface area contributed by atoms with E-state index in [1.54, 1.807) is 6.33 Å². The Balaban J connectivity index is 1.90. The lowest BCUT2D eigenvalue weighted by Gasteiger charge is -2.03. The van der Waals surface area contributed by atoms with Gasteiger partial charge in [-0.25, -0.2) is 4.98 Å². The van der Waals surface area contributed by atoms with Crippen LogP contribution in [-0.4, -0.2) is 22.0 Å². The summed E-state index contributed by atoms with van der Waals surface area (Å²) in [5, 5.41) is 2.80. The van der Waals surface area contributed by atoms with Gasteiger partial charge in [0.1, 0.15) is 6.20 Å². The summed E-state index contributed by atoms with van der Waals surface area (Å²) in [6.07, 6.45) is 11.5. The lowest BCUT2D eigenvalue weighted by atomic mass is 10.1. The quantitative estimate of drug-likeness (QED) is 0.681. The molecule has 0 aliphatic rings. The number of amides is 1. The van der Waals surface area contributed by atoms with Gasteiger partial charge in [-0.2, -0.15) is 0 Å². The minimum Gasteiger partial charge on any atom is -0.356 e. The molecule has 89 valence electrons. The largest absolute Gasteiger partial charge is 0.356 e. The summed E-state index contributed by atoms with van der Waals surface area (Å²) in [5.41, 5.74) is 0. The van der Waals surface area contributed by atoms with Crippen molar-refractivity contribution in [1.29, 1.82) is 0 Å². The molecule has 0 atom stereocenters. The predicted molar refractivity (Wildman–Crippen MR) is 62.8 cm³/mol. The Kier molecular flexibility index (Phi) is 6.30. The van der Waals surface area contributed by atoms with E-state index in [0.29, 0.717) is 6.42 Å². The fourth-order valence-electron chi connectivity index (χ4n) is 1.59. The third-order valence-corrected chi connectivity index (χ3v) is 2.45. The summed E-state index contributed by atoms with van der Waals surface area (Å²) in [6.45, 7) is 3.67. The van der Waals surface area contributed by atoms with Crippen LogP contribution in [0.15, 0.2) is 12.5 Å². The third kappa shape index (κ3) is 5.53. The van der Waals surface area contributed by atoms with Gasteiger partial charge in [-0.3, -0.25) is 4.79 Å². The first-order valence-electron chi connectivity index (χ1n) is 5.97. The van der Waals surface area contributed by atoms with Crippen LogP contribution in [0.3, 0.4) is 0 Å². The summed E-state index contributed by atoms with van der Waals surface area (Å²) in [7, 11) is 0. The number of hydrogen-bond donors (Lipinski definition) is 1. The molecule has 1 rings (SSSR count). The van der Waals surface area contributed by atoms with Crippen LogP contribution in [0.4, 0.5) is 0 Å². The van der Waals surface area contributed by atoms with Gasteiger partial charge in [-0.1, -0.05) is 12.8 Å². The summed E-state index contributed by atoms with van der Waals surface area (Å²) >= 11 is 0. The van der Waals surface area contributed by atoms with E-state index in [4.69, 9.17) is 0 Å². The number of nitrogens with zero attached hydrogens (tertiary/aromatic N) is 2. The molecule has 0 bridgehead atoms. The Morgan fingerprint density at radius 2 is 2.19 bits per heavy atom. The van der Waals surface area contributed by atoms with Gasteiger partial charge in [0.15, 0.2) is 0 Å². The van der Waals surface area contributed by atoms with Crippen molar-refractivity contribution in [2.45, 2.75) is 45.6 Å². The monoisotopic (exact) mass is 222 g/mol. The number of aryl methyl sites for hydroxylation is 1. The first kappa shape index (κ1) is 12.7. The molecule has 1 aromatic rings. The van der Waals surface area contributed by atoms with Gasteiger partial charge in [0.05, 0.1) is 6.33 Å². The van der Waals surface area contributed by atoms with Gasteiger partial charge in [0, 0.05) is 25.7 Å². The number of imidazole rings is 1. The van der Waals surface area contributed by atoms with E-state index >= 15 is 0 Å². The van der Waals surface area contributed by atoms with E-state index in [0.717, 1.165) is 38.8 Å². The van der Waals surface area contributed by atoms with Crippen molar-refractivity contribution in [2.24, 2.45) is 0 Å². The van der Waals surface area contributed by atoms with E-state index in [9.17, 15) is 4.79 Å². The number of nitrogens with one attached hydrogen (secondary N) is 1. The second-order valence-electron chi connectivity index (χ2n) is 3.86. The third-order valence-electron chi connectivity index (χ3n) is 2.45. The smallest absolute Gasteiger partial charge is 0.219 e. The van der Waals surface area contributed by atoms with Gasteiger partial charge in [-0.05, 0) is 19.8 Å². The Hall–Kier alpha value is -1.32. The van der Waals surface area contributed by atoms with E-state index in [1.807, 2.05) is 17.7 Å². The van der Waals surface area contributed by atoms with Gasteiger partial charge < -0.3 is 9.88 Å². The average Bonchev–Trinajstić information content (AvgIpc) is 2.76. The Labute approximate surface area is 97.1 Å². The molecule has 4 nitrogen and oxygen atoms in total. The summed E-state index contributed by atoms with van der Waals surface area (Å²) < 4.78 is 2.03.